The predicted molar refractivity (Wildman–Crippen MR) is 100 cm³/mol. The van der Waals surface area contributed by atoms with Crippen LogP contribution >= 0.6 is 0 Å². The van der Waals surface area contributed by atoms with Crippen LogP contribution in [0.1, 0.15) is 12.5 Å². The monoisotopic (exact) mass is 402 g/mol. The largest absolute Gasteiger partial charge is 0.479 e. The average molecular weight is 402 g/mol. The lowest BCUT2D eigenvalue weighted by molar-refractivity contribution is -0.153. The van der Waals surface area contributed by atoms with Crippen LogP contribution < -0.4 is 10.1 Å². The fraction of sp³-hybridized carbons (Fsp3) is 0.211. The Bertz CT molecular complexity index is 1010. The molecule has 8 nitrogen and oxygen atoms in total. The number of esters is 1. The molecule has 0 heterocycles. The number of benzene rings is 2. The first-order valence-electron chi connectivity index (χ1n) is 8.12. The third-order valence-corrected chi connectivity index (χ3v) is 4.63. The van der Waals surface area contributed by atoms with Gasteiger partial charge in [-0.3, -0.25) is 4.79 Å². The van der Waals surface area contributed by atoms with Gasteiger partial charge in [0.15, 0.2) is 22.5 Å². The van der Waals surface area contributed by atoms with Crippen molar-refractivity contribution in [1.82, 2.24) is 0 Å². The number of carbonyl (C=O) groups is 2. The highest BCUT2D eigenvalue weighted by atomic mass is 32.2. The maximum atomic E-state index is 12.0. The Balaban J connectivity index is 1.86. The first kappa shape index (κ1) is 20.9. The lowest BCUT2D eigenvalue weighted by Gasteiger charge is -2.14. The highest BCUT2D eigenvalue weighted by Crippen LogP contribution is 2.16. The number of ether oxygens (including phenoxy) is 2. The van der Waals surface area contributed by atoms with E-state index in [0.717, 1.165) is 6.26 Å². The van der Waals surface area contributed by atoms with Gasteiger partial charge >= 0.3 is 5.97 Å². The summed E-state index contributed by atoms with van der Waals surface area (Å²) in [5, 5.41) is 11.2. The van der Waals surface area contributed by atoms with Gasteiger partial charge in [-0.2, -0.15) is 5.26 Å². The molecule has 1 N–H and O–H groups in total. The van der Waals surface area contributed by atoms with E-state index in [1.807, 2.05) is 6.07 Å². The highest BCUT2D eigenvalue weighted by molar-refractivity contribution is 7.90. The van der Waals surface area contributed by atoms with Gasteiger partial charge in [0.05, 0.1) is 16.5 Å². The molecule has 0 spiro atoms. The van der Waals surface area contributed by atoms with Crippen LogP contribution in [0.2, 0.25) is 0 Å². The topological polar surface area (TPSA) is 123 Å². The molecule has 0 aromatic heterocycles. The molecule has 0 radical (unpaired) electrons. The Labute approximate surface area is 162 Å². The van der Waals surface area contributed by atoms with E-state index >= 15 is 0 Å². The van der Waals surface area contributed by atoms with Gasteiger partial charge in [0.1, 0.15) is 5.75 Å². The van der Waals surface area contributed by atoms with Gasteiger partial charge in [0.2, 0.25) is 0 Å². The van der Waals surface area contributed by atoms with Crippen LogP contribution in [0.15, 0.2) is 53.4 Å². The minimum absolute atomic E-state index is 0.0618. The van der Waals surface area contributed by atoms with Crippen molar-refractivity contribution >= 4 is 27.4 Å². The number of nitrogens with one attached hydrogen (secondary N) is 1. The summed E-state index contributed by atoms with van der Waals surface area (Å²) in [6.45, 7) is 0.914. The molecule has 2 aromatic rings. The third-order valence-electron chi connectivity index (χ3n) is 3.52. The van der Waals surface area contributed by atoms with Crippen molar-refractivity contribution in [3.63, 3.8) is 0 Å². The van der Waals surface area contributed by atoms with Crippen molar-refractivity contribution in [2.75, 3.05) is 18.2 Å². The number of sulfone groups is 1. The molecule has 0 aliphatic heterocycles. The van der Waals surface area contributed by atoms with Crippen molar-refractivity contribution in [2.24, 2.45) is 0 Å². The van der Waals surface area contributed by atoms with Gasteiger partial charge in [0.25, 0.3) is 5.91 Å². The van der Waals surface area contributed by atoms with Crippen LogP contribution in [-0.2, 0) is 24.2 Å². The number of nitriles is 1. The number of nitrogens with zero attached hydrogens (tertiary/aromatic N) is 1. The van der Waals surface area contributed by atoms with Crippen molar-refractivity contribution < 1.29 is 27.5 Å². The van der Waals surface area contributed by atoms with Crippen molar-refractivity contribution in [3.8, 4) is 11.8 Å². The molecule has 0 aliphatic rings. The predicted octanol–water partition coefficient (Wildman–Crippen LogP) is 1.91. The number of hydrogen-bond acceptors (Lipinski definition) is 7. The van der Waals surface area contributed by atoms with Crippen molar-refractivity contribution in [2.45, 2.75) is 17.9 Å². The van der Waals surface area contributed by atoms with E-state index in [4.69, 9.17) is 14.7 Å². The van der Waals surface area contributed by atoms with E-state index in [1.165, 1.54) is 31.2 Å². The summed E-state index contributed by atoms with van der Waals surface area (Å²) < 4.78 is 33.4. The Morgan fingerprint density at radius 1 is 1.18 bits per heavy atom. The summed E-state index contributed by atoms with van der Waals surface area (Å²) in [6, 6.07) is 13.9. The number of amides is 1. The second-order valence-electron chi connectivity index (χ2n) is 5.85. The molecule has 9 heteroatoms. The van der Waals surface area contributed by atoms with Gasteiger partial charge in [-0.25, -0.2) is 13.2 Å². The molecule has 28 heavy (non-hydrogen) atoms. The molecule has 0 saturated heterocycles. The van der Waals surface area contributed by atoms with Gasteiger partial charge in [-0.05, 0) is 49.4 Å². The number of anilines is 1. The molecule has 0 aliphatic carbocycles. The number of carbonyl (C=O) groups excluding carboxylic acids is 2. The minimum Gasteiger partial charge on any atom is -0.479 e. The standard InChI is InChI=1S/C19H18N2O6S/c1-13(27-16-8-6-14(11-20)7-9-16)19(23)26-12-18(22)21-15-4-3-5-17(10-15)28(2,24)25/h3-10,13H,12H2,1-2H3,(H,21,22)/t13-/m1/s1. The Morgan fingerprint density at radius 2 is 1.86 bits per heavy atom. The molecule has 146 valence electrons. The number of rotatable bonds is 7. The van der Waals surface area contributed by atoms with E-state index in [-0.39, 0.29) is 10.6 Å². The van der Waals surface area contributed by atoms with E-state index < -0.39 is 34.4 Å². The van der Waals surface area contributed by atoms with Crippen LogP contribution in [0.4, 0.5) is 5.69 Å². The maximum Gasteiger partial charge on any atom is 0.347 e. The second kappa shape index (κ2) is 9.01. The average Bonchev–Trinajstić information content (AvgIpc) is 2.66. The molecule has 0 unspecified atom stereocenters. The highest BCUT2D eigenvalue weighted by Gasteiger charge is 2.18. The smallest absolute Gasteiger partial charge is 0.347 e. The Hall–Kier alpha value is -3.38. The van der Waals surface area contributed by atoms with E-state index in [2.05, 4.69) is 5.32 Å². The Kier molecular flexibility index (Phi) is 6.74. The normalized spacial score (nSPS) is 11.8. The summed E-state index contributed by atoms with van der Waals surface area (Å²) in [5.74, 6) is -0.987. The summed E-state index contributed by atoms with van der Waals surface area (Å²) in [4.78, 5) is 23.9. The van der Waals surface area contributed by atoms with Crippen molar-refractivity contribution in [1.29, 1.82) is 5.26 Å². The summed E-state index contributed by atoms with van der Waals surface area (Å²) >= 11 is 0. The zero-order valence-corrected chi connectivity index (χ0v) is 16.0. The first-order valence-corrected chi connectivity index (χ1v) is 10.0. The molecular formula is C19H18N2O6S. The van der Waals surface area contributed by atoms with E-state index in [9.17, 15) is 18.0 Å². The molecule has 1 amide bonds. The van der Waals surface area contributed by atoms with Gasteiger partial charge in [-0.15, -0.1) is 0 Å². The van der Waals surface area contributed by atoms with E-state index in [0.29, 0.717) is 11.3 Å². The first-order chi connectivity index (χ1) is 13.2. The van der Waals surface area contributed by atoms with Gasteiger partial charge in [0, 0.05) is 11.9 Å². The Morgan fingerprint density at radius 3 is 2.46 bits per heavy atom. The fourth-order valence-electron chi connectivity index (χ4n) is 2.12. The molecule has 0 fully saturated rings. The zero-order chi connectivity index (χ0) is 20.7. The van der Waals surface area contributed by atoms with Crippen LogP contribution in [-0.4, -0.2) is 39.3 Å². The maximum absolute atomic E-state index is 12.0. The lowest BCUT2D eigenvalue weighted by Crippen LogP contribution is -2.29. The molecular weight excluding hydrogens is 384 g/mol. The lowest BCUT2D eigenvalue weighted by atomic mass is 10.2. The quantitative estimate of drug-likeness (QED) is 0.702. The SMILES string of the molecule is C[C@@H](Oc1ccc(C#N)cc1)C(=O)OCC(=O)Nc1cccc(S(C)(=O)=O)c1. The summed E-state index contributed by atoms with van der Waals surface area (Å²) in [5.41, 5.74) is 0.727. The van der Waals surface area contributed by atoms with Crippen LogP contribution in [0.3, 0.4) is 0 Å². The van der Waals surface area contributed by atoms with Crippen LogP contribution in [0.25, 0.3) is 0 Å². The van der Waals surface area contributed by atoms with Crippen LogP contribution in [0, 0.1) is 11.3 Å². The fourth-order valence-corrected chi connectivity index (χ4v) is 2.78. The molecule has 2 aromatic carbocycles. The van der Waals surface area contributed by atoms with Crippen LogP contribution in [0.5, 0.6) is 5.75 Å². The summed E-state index contributed by atoms with van der Waals surface area (Å²) in [7, 11) is -3.40. The summed E-state index contributed by atoms with van der Waals surface area (Å²) in [6.07, 6.45) is 0.0969. The molecule has 1 atom stereocenters. The number of hydrogen-bond donors (Lipinski definition) is 1. The zero-order valence-electron chi connectivity index (χ0n) is 15.2. The molecule has 0 saturated carbocycles. The van der Waals surface area contributed by atoms with Crippen molar-refractivity contribution in [3.05, 3.63) is 54.1 Å². The van der Waals surface area contributed by atoms with Gasteiger partial charge in [-0.1, -0.05) is 6.07 Å². The molecule has 0 bridgehead atoms. The molecule has 2 rings (SSSR count). The third kappa shape index (κ3) is 6.10. The van der Waals surface area contributed by atoms with E-state index in [1.54, 1.807) is 24.3 Å². The minimum atomic E-state index is -3.40. The second-order valence-corrected chi connectivity index (χ2v) is 7.87. The van der Waals surface area contributed by atoms with Gasteiger partial charge < -0.3 is 14.8 Å².